The molecule has 0 bridgehead atoms. The zero-order valence-electron chi connectivity index (χ0n) is 11.3. The highest BCUT2D eigenvalue weighted by Crippen LogP contribution is 2.34. The minimum absolute atomic E-state index is 0.0114. The lowest BCUT2D eigenvalue weighted by Crippen LogP contribution is -2.33. The highest BCUT2D eigenvalue weighted by Gasteiger charge is 2.35. The van der Waals surface area contributed by atoms with Gasteiger partial charge in [0.05, 0.1) is 17.2 Å². The molecule has 0 spiro atoms. The lowest BCUT2D eigenvalue weighted by atomic mass is 10.0. The fraction of sp³-hybridized carbons (Fsp3) is 0.500. The van der Waals surface area contributed by atoms with Crippen LogP contribution in [0.15, 0.2) is 22.7 Å². The Labute approximate surface area is 129 Å². The second-order valence-corrected chi connectivity index (χ2v) is 5.94. The third kappa shape index (κ3) is 3.97. The van der Waals surface area contributed by atoms with Crippen LogP contribution in [0.5, 0.6) is 0 Å². The summed E-state index contributed by atoms with van der Waals surface area (Å²) in [4.78, 5) is 12.0. The number of hydrogen-bond acceptors (Lipinski definition) is 2. The number of amides is 1. The summed E-state index contributed by atoms with van der Waals surface area (Å²) in [5.41, 5.74) is -1.30. The van der Waals surface area contributed by atoms with Crippen LogP contribution in [0.1, 0.15) is 29.3 Å². The molecule has 1 amide bonds. The van der Waals surface area contributed by atoms with E-state index >= 15 is 0 Å². The highest BCUT2D eigenvalue weighted by atomic mass is 79.9. The standard InChI is InChI=1S/C14H15BrF3NO2/c1-8-9(4-5-21-8)7-19-13(20)11-3-2-10(15)6-12(11)14(16,17)18/h2-3,6,8-9H,4-5,7H2,1H3,(H,19,20). The maximum atomic E-state index is 13.0. The Hall–Kier alpha value is -1.08. The minimum Gasteiger partial charge on any atom is -0.378 e. The topological polar surface area (TPSA) is 38.3 Å². The molecule has 7 heteroatoms. The predicted octanol–water partition coefficient (Wildman–Crippen LogP) is 3.62. The number of ether oxygens (including phenoxy) is 1. The van der Waals surface area contributed by atoms with Crippen molar-refractivity contribution in [1.29, 1.82) is 0 Å². The number of carbonyl (C=O) groups excluding carboxylic acids is 1. The van der Waals surface area contributed by atoms with Crippen LogP contribution in [0.3, 0.4) is 0 Å². The van der Waals surface area contributed by atoms with Gasteiger partial charge in [-0.05, 0) is 31.5 Å². The lowest BCUT2D eigenvalue weighted by Gasteiger charge is -2.17. The van der Waals surface area contributed by atoms with Gasteiger partial charge in [0.2, 0.25) is 0 Å². The molecule has 1 saturated heterocycles. The monoisotopic (exact) mass is 365 g/mol. The molecular weight excluding hydrogens is 351 g/mol. The van der Waals surface area contributed by atoms with Gasteiger partial charge in [-0.15, -0.1) is 0 Å². The molecule has 0 radical (unpaired) electrons. The van der Waals surface area contributed by atoms with E-state index < -0.39 is 17.6 Å². The number of carbonyl (C=O) groups is 1. The Morgan fingerprint density at radius 2 is 2.19 bits per heavy atom. The van der Waals surface area contributed by atoms with Crippen LogP contribution in [0.2, 0.25) is 0 Å². The Balaban J connectivity index is 2.12. The minimum atomic E-state index is -4.57. The van der Waals surface area contributed by atoms with Crippen LogP contribution in [-0.4, -0.2) is 25.2 Å². The summed E-state index contributed by atoms with van der Waals surface area (Å²) in [5, 5.41) is 2.57. The van der Waals surface area contributed by atoms with Gasteiger partial charge in [-0.2, -0.15) is 13.2 Å². The summed E-state index contributed by atoms with van der Waals surface area (Å²) in [7, 11) is 0. The molecule has 3 nitrogen and oxygen atoms in total. The summed E-state index contributed by atoms with van der Waals surface area (Å²) in [6, 6.07) is 3.51. The van der Waals surface area contributed by atoms with Gasteiger partial charge in [0.25, 0.3) is 5.91 Å². The van der Waals surface area contributed by atoms with Crippen LogP contribution in [-0.2, 0) is 10.9 Å². The molecule has 1 N–H and O–H groups in total. The highest BCUT2D eigenvalue weighted by molar-refractivity contribution is 9.10. The molecule has 2 atom stereocenters. The molecule has 116 valence electrons. The van der Waals surface area contributed by atoms with Gasteiger partial charge in [0.1, 0.15) is 0 Å². The van der Waals surface area contributed by atoms with Gasteiger partial charge in [-0.3, -0.25) is 4.79 Å². The summed E-state index contributed by atoms with van der Waals surface area (Å²) < 4.78 is 44.6. The summed E-state index contributed by atoms with van der Waals surface area (Å²) in [5.74, 6) is -0.576. The van der Waals surface area contributed by atoms with Crippen molar-refractivity contribution < 1.29 is 22.7 Å². The Kier molecular flexibility index (Phi) is 4.93. The summed E-state index contributed by atoms with van der Waals surface area (Å²) in [6.07, 6.45) is -3.76. The van der Waals surface area contributed by atoms with Crippen molar-refractivity contribution in [3.8, 4) is 0 Å². The van der Waals surface area contributed by atoms with Crippen LogP contribution >= 0.6 is 15.9 Å². The predicted molar refractivity (Wildman–Crippen MR) is 75.0 cm³/mol. The average Bonchev–Trinajstić information content (AvgIpc) is 2.80. The second kappa shape index (κ2) is 6.36. The van der Waals surface area contributed by atoms with E-state index in [0.29, 0.717) is 13.2 Å². The van der Waals surface area contributed by atoms with E-state index in [-0.39, 0.29) is 22.1 Å². The average molecular weight is 366 g/mol. The molecule has 0 saturated carbocycles. The molecule has 0 aliphatic carbocycles. The van der Waals surface area contributed by atoms with Crippen LogP contribution < -0.4 is 5.32 Å². The van der Waals surface area contributed by atoms with Crippen LogP contribution in [0, 0.1) is 5.92 Å². The SMILES string of the molecule is CC1OCCC1CNC(=O)c1ccc(Br)cc1C(F)(F)F. The van der Waals surface area contributed by atoms with Crippen molar-refractivity contribution in [3.05, 3.63) is 33.8 Å². The molecule has 1 aromatic carbocycles. The Morgan fingerprint density at radius 3 is 2.76 bits per heavy atom. The van der Waals surface area contributed by atoms with Crippen molar-refractivity contribution in [2.75, 3.05) is 13.2 Å². The van der Waals surface area contributed by atoms with Gasteiger partial charge < -0.3 is 10.1 Å². The van der Waals surface area contributed by atoms with E-state index in [0.717, 1.165) is 12.5 Å². The summed E-state index contributed by atoms with van der Waals surface area (Å²) in [6.45, 7) is 2.83. The van der Waals surface area contributed by atoms with Gasteiger partial charge in [-0.1, -0.05) is 15.9 Å². The van der Waals surface area contributed by atoms with E-state index in [1.54, 1.807) is 0 Å². The lowest BCUT2D eigenvalue weighted by molar-refractivity contribution is -0.138. The molecule has 1 fully saturated rings. The van der Waals surface area contributed by atoms with E-state index in [4.69, 9.17) is 4.74 Å². The molecule has 1 heterocycles. The maximum Gasteiger partial charge on any atom is 0.417 e. The molecular formula is C14H15BrF3NO2. The number of benzene rings is 1. The third-order valence-electron chi connectivity index (χ3n) is 3.59. The van der Waals surface area contributed by atoms with Crippen molar-refractivity contribution in [3.63, 3.8) is 0 Å². The first kappa shape index (κ1) is 16.3. The first-order valence-corrected chi connectivity index (χ1v) is 7.35. The summed E-state index contributed by atoms with van der Waals surface area (Å²) >= 11 is 2.99. The fourth-order valence-corrected chi connectivity index (χ4v) is 2.67. The molecule has 0 aromatic heterocycles. The largest absolute Gasteiger partial charge is 0.417 e. The van der Waals surface area contributed by atoms with Crippen molar-refractivity contribution >= 4 is 21.8 Å². The maximum absolute atomic E-state index is 13.0. The van der Waals surface area contributed by atoms with Crippen molar-refractivity contribution in [2.24, 2.45) is 5.92 Å². The number of hydrogen-bond donors (Lipinski definition) is 1. The van der Waals surface area contributed by atoms with E-state index in [1.165, 1.54) is 12.1 Å². The second-order valence-electron chi connectivity index (χ2n) is 5.02. The normalized spacial score (nSPS) is 22.3. The molecule has 1 aromatic rings. The Bertz CT molecular complexity index is 533. The van der Waals surface area contributed by atoms with E-state index in [9.17, 15) is 18.0 Å². The van der Waals surface area contributed by atoms with Crippen LogP contribution in [0.25, 0.3) is 0 Å². The quantitative estimate of drug-likeness (QED) is 0.888. The van der Waals surface area contributed by atoms with Gasteiger partial charge >= 0.3 is 6.18 Å². The number of halogens is 4. The van der Waals surface area contributed by atoms with Gasteiger partial charge in [-0.25, -0.2) is 0 Å². The van der Waals surface area contributed by atoms with Crippen LogP contribution in [0.4, 0.5) is 13.2 Å². The van der Waals surface area contributed by atoms with E-state index in [1.807, 2.05) is 6.92 Å². The first-order valence-electron chi connectivity index (χ1n) is 6.55. The number of nitrogens with one attached hydrogen (secondary N) is 1. The van der Waals surface area contributed by atoms with Gasteiger partial charge in [0.15, 0.2) is 0 Å². The Morgan fingerprint density at radius 1 is 1.48 bits per heavy atom. The number of alkyl halides is 3. The van der Waals surface area contributed by atoms with Crippen molar-refractivity contribution in [2.45, 2.75) is 25.6 Å². The van der Waals surface area contributed by atoms with Crippen molar-refractivity contribution in [1.82, 2.24) is 5.32 Å². The number of rotatable bonds is 3. The molecule has 1 aliphatic rings. The third-order valence-corrected chi connectivity index (χ3v) is 4.08. The zero-order valence-corrected chi connectivity index (χ0v) is 12.9. The zero-order chi connectivity index (χ0) is 15.6. The molecule has 21 heavy (non-hydrogen) atoms. The molecule has 2 rings (SSSR count). The first-order chi connectivity index (χ1) is 9.79. The van der Waals surface area contributed by atoms with Gasteiger partial charge in [0, 0.05) is 23.5 Å². The van der Waals surface area contributed by atoms with E-state index in [2.05, 4.69) is 21.2 Å². The fourth-order valence-electron chi connectivity index (χ4n) is 2.31. The smallest absolute Gasteiger partial charge is 0.378 e. The molecule has 2 unspecified atom stereocenters. The molecule has 1 aliphatic heterocycles.